The summed E-state index contributed by atoms with van der Waals surface area (Å²) in [5.41, 5.74) is 0. The minimum atomic E-state index is -4.17. The average molecular weight is 308 g/mol. The van der Waals surface area contributed by atoms with E-state index in [1.165, 1.54) is 0 Å². The first-order chi connectivity index (χ1) is 9.40. The zero-order chi connectivity index (χ0) is 14.8. The molecule has 1 unspecified atom stereocenters. The van der Waals surface area contributed by atoms with Gasteiger partial charge in [0.15, 0.2) is 11.6 Å². The van der Waals surface area contributed by atoms with E-state index in [9.17, 15) is 21.6 Å². The van der Waals surface area contributed by atoms with Gasteiger partial charge in [-0.05, 0) is 37.9 Å². The largest absolute Gasteiger partial charge is 0.316 e. The van der Waals surface area contributed by atoms with Gasteiger partial charge < -0.3 is 5.32 Å². The van der Waals surface area contributed by atoms with E-state index >= 15 is 0 Å². The summed E-state index contributed by atoms with van der Waals surface area (Å²) in [7, 11) is -4.17. The summed E-state index contributed by atoms with van der Waals surface area (Å²) in [6.45, 7) is 1.85. The molecule has 1 atom stereocenters. The van der Waals surface area contributed by atoms with Crippen LogP contribution in [-0.2, 0) is 10.0 Å². The third-order valence-corrected chi connectivity index (χ3v) is 4.75. The molecule has 1 fully saturated rings. The molecule has 1 saturated heterocycles. The molecule has 0 aromatic heterocycles. The van der Waals surface area contributed by atoms with Gasteiger partial charge >= 0.3 is 0 Å². The Bertz CT molecular complexity index is 587. The lowest BCUT2D eigenvalue weighted by Gasteiger charge is -2.10. The Hall–Kier alpha value is -1.12. The molecule has 112 valence electrons. The minimum absolute atomic E-state index is 0.132. The summed E-state index contributed by atoms with van der Waals surface area (Å²) >= 11 is 0. The van der Waals surface area contributed by atoms with Gasteiger partial charge in [-0.1, -0.05) is 0 Å². The third kappa shape index (κ3) is 3.50. The number of hydrogen-bond donors (Lipinski definition) is 2. The second kappa shape index (κ2) is 6.11. The van der Waals surface area contributed by atoms with Crippen LogP contribution < -0.4 is 10.0 Å². The fraction of sp³-hybridized carbons (Fsp3) is 0.500. The van der Waals surface area contributed by atoms with Gasteiger partial charge in [-0.3, -0.25) is 0 Å². The molecule has 8 heteroatoms. The van der Waals surface area contributed by atoms with Crippen LogP contribution in [0.25, 0.3) is 0 Å². The summed E-state index contributed by atoms with van der Waals surface area (Å²) in [5, 5.41) is 3.15. The maximum absolute atomic E-state index is 13.4. The number of rotatable bonds is 5. The Kier molecular flexibility index (Phi) is 4.66. The number of hydrogen-bond acceptors (Lipinski definition) is 3. The lowest BCUT2D eigenvalue weighted by molar-refractivity contribution is 0.479. The Morgan fingerprint density at radius 2 is 1.90 bits per heavy atom. The van der Waals surface area contributed by atoms with Crippen molar-refractivity contribution >= 4 is 10.0 Å². The lowest BCUT2D eigenvalue weighted by atomic mass is 10.1. The molecule has 1 aliphatic heterocycles. The number of halogens is 3. The first kappa shape index (κ1) is 15.3. The van der Waals surface area contributed by atoms with Crippen molar-refractivity contribution in [1.29, 1.82) is 0 Å². The van der Waals surface area contributed by atoms with Gasteiger partial charge in [0.1, 0.15) is 10.7 Å². The van der Waals surface area contributed by atoms with Gasteiger partial charge in [0.05, 0.1) is 0 Å². The van der Waals surface area contributed by atoms with Crippen molar-refractivity contribution in [2.45, 2.75) is 17.7 Å². The van der Waals surface area contributed by atoms with E-state index < -0.39 is 32.4 Å². The van der Waals surface area contributed by atoms with Crippen LogP contribution in [0.3, 0.4) is 0 Å². The molecule has 0 bridgehead atoms. The van der Waals surface area contributed by atoms with Gasteiger partial charge in [-0.25, -0.2) is 26.3 Å². The highest BCUT2D eigenvalue weighted by Gasteiger charge is 2.22. The van der Waals surface area contributed by atoms with Crippen molar-refractivity contribution in [3.05, 3.63) is 29.6 Å². The molecule has 0 amide bonds. The van der Waals surface area contributed by atoms with Crippen molar-refractivity contribution in [3.63, 3.8) is 0 Å². The van der Waals surface area contributed by atoms with Crippen LogP contribution in [-0.4, -0.2) is 28.1 Å². The Morgan fingerprint density at radius 3 is 2.55 bits per heavy atom. The predicted molar refractivity (Wildman–Crippen MR) is 67.1 cm³/mol. The fourth-order valence-electron chi connectivity index (χ4n) is 2.15. The summed E-state index contributed by atoms with van der Waals surface area (Å²) < 4.78 is 65.1. The molecule has 2 N–H and O–H groups in total. The standard InChI is InChI=1S/C12H15F3N2O2S/c13-9-5-11(15)12(6-10(9)14)20(18,19)17-4-2-8-1-3-16-7-8/h5-6,8,16-17H,1-4,7H2. The van der Waals surface area contributed by atoms with Gasteiger partial charge in [0.2, 0.25) is 10.0 Å². The van der Waals surface area contributed by atoms with E-state index in [1.807, 2.05) is 0 Å². The second-order valence-electron chi connectivity index (χ2n) is 4.74. The molecule has 0 saturated carbocycles. The molecular weight excluding hydrogens is 293 g/mol. The van der Waals surface area contributed by atoms with Crippen LogP contribution in [0.4, 0.5) is 13.2 Å². The van der Waals surface area contributed by atoms with Crippen molar-refractivity contribution < 1.29 is 21.6 Å². The predicted octanol–water partition coefficient (Wildman–Crippen LogP) is 1.38. The van der Waals surface area contributed by atoms with Crippen LogP contribution >= 0.6 is 0 Å². The van der Waals surface area contributed by atoms with E-state index in [-0.39, 0.29) is 12.6 Å². The summed E-state index contributed by atoms with van der Waals surface area (Å²) in [4.78, 5) is -0.874. The summed E-state index contributed by atoms with van der Waals surface area (Å²) in [5.74, 6) is -3.75. The Morgan fingerprint density at radius 1 is 1.20 bits per heavy atom. The third-order valence-electron chi connectivity index (χ3n) is 3.27. The lowest BCUT2D eigenvalue weighted by Crippen LogP contribution is -2.27. The Labute approximate surface area is 115 Å². The van der Waals surface area contributed by atoms with E-state index in [0.29, 0.717) is 18.4 Å². The first-order valence-corrected chi connectivity index (χ1v) is 7.73. The zero-order valence-corrected chi connectivity index (χ0v) is 11.4. The molecule has 2 rings (SSSR count). The van der Waals surface area contributed by atoms with Crippen molar-refractivity contribution in [1.82, 2.24) is 10.0 Å². The van der Waals surface area contributed by atoms with Crippen molar-refractivity contribution in [2.75, 3.05) is 19.6 Å². The second-order valence-corrected chi connectivity index (χ2v) is 6.48. The molecule has 0 radical (unpaired) electrons. The molecule has 1 aromatic rings. The number of benzene rings is 1. The smallest absolute Gasteiger partial charge is 0.243 e. The van der Waals surface area contributed by atoms with E-state index in [2.05, 4.69) is 10.0 Å². The molecule has 20 heavy (non-hydrogen) atoms. The van der Waals surface area contributed by atoms with Gasteiger partial charge in [-0.2, -0.15) is 0 Å². The van der Waals surface area contributed by atoms with Crippen molar-refractivity contribution in [3.8, 4) is 0 Å². The average Bonchev–Trinajstić information content (AvgIpc) is 2.86. The molecular formula is C12H15F3N2O2S. The first-order valence-electron chi connectivity index (χ1n) is 6.25. The summed E-state index contributed by atoms with van der Waals surface area (Å²) in [6, 6.07) is 0.578. The van der Waals surface area contributed by atoms with Gasteiger partial charge in [0.25, 0.3) is 0 Å². The maximum Gasteiger partial charge on any atom is 0.243 e. The molecule has 1 heterocycles. The number of nitrogens with one attached hydrogen (secondary N) is 2. The zero-order valence-electron chi connectivity index (χ0n) is 10.6. The van der Waals surface area contributed by atoms with Crippen LogP contribution in [0.15, 0.2) is 17.0 Å². The highest BCUT2D eigenvalue weighted by Crippen LogP contribution is 2.19. The molecule has 1 aliphatic rings. The van der Waals surface area contributed by atoms with Gasteiger partial charge in [-0.15, -0.1) is 0 Å². The fourth-order valence-corrected chi connectivity index (χ4v) is 3.26. The Balaban J connectivity index is 2.04. The molecule has 0 aliphatic carbocycles. The molecule has 0 spiro atoms. The highest BCUT2D eigenvalue weighted by atomic mass is 32.2. The van der Waals surface area contributed by atoms with Gasteiger partial charge in [0, 0.05) is 12.6 Å². The van der Waals surface area contributed by atoms with Crippen LogP contribution in [0.5, 0.6) is 0 Å². The quantitative estimate of drug-likeness (QED) is 0.808. The van der Waals surface area contributed by atoms with E-state index in [4.69, 9.17) is 0 Å². The maximum atomic E-state index is 13.4. The monoisotopic (exact) mass is 308 g/mol. The van der Waals surface area contributed by atoms with Crippen LogP contribution in [0.1, 0.15) is 12.8 Å². The number of sulfonamides is 1. The van der Waals surface area contributed by atoms with E-state index in [1.54, 1.807) is 0 Å². The molecule has 4 nitrogen and oxygen atoms in total. The highest BCUT2D eigenvalue weighted by molar-refractivity contribution is 7.89. The normalized spacial score (nSPS) is 19.4. The van der Waals surface area contributed by atoms with Crippen LogP contribution in [0, 0.1) is 23.4 Å². The van der Waals surface area contributed by atoms with E-state index in [0.717, 1.165) is 19.5 Å². The van der Waals surface area contributed by atoms with Crippen LogP contribution in [0.2, 0.25) is 0 Å². The summed E-state index contributed by atoms with van der Waals surface area (Å²) in [6.07, 6.45) is 1.57. The SMILES string of the molecule is O=S(=O)(NCCC1CCNC1)c1cc(F)c(F)cc1F. The topological polar surface area (TPSA) is 58.2 Å². The molecule has 1 aromatic carbocycles. The van der Waals surface area contributed by atoms with Crippen molar-refractivity contribution in [2.24, 2.45) is 5.92 Å². The minimum Gasteiger partial charge on any atom is -0.316 e.